The van der Waals surface area contributed by atoms with Gasteiger partial charge in [-0.2, -0.15) is 5.26 Å². The van der Waals surface area contributed by atoms with Crippen molar-refractivity contribution >= 4 is 9.84 Å². The van der Waals surface area contributed by atoms with Gasteiger partial charge in [0, 0.05) is 0 Å². The molecule has 0 amide bonds. The fourth-order valence-corrected chi connectivity index (χ4v) is 2.61. The molecule has 0 aliphatic carbocycles. The van der Waals surface area contributed by atoms with Crippen LogP contribution in [0.3, 0.4) is 0 Å². The minimum atomic E-state index is -3.58. The van der Waals surface area contributed by atoms with E-state index in [0.29, 0.717) is 5.56 Å². The third-order valence-electron chi connectivity index (χ3n) is 2.32. The molecule has 1 rings (SSSR count). The van der Waals surface area contributed by atoms with Crippen LogP contribution in [0.25, 0.3) is 0 Å². The van der Waals surface area contributed by atoms with Crippen molar-refractivity contribution in [2.45, 2.75) is 30.4 Å². The molecule has 0 aliphatic rings. The van der Waals surface area contributed by atoms with Gasteiger partial charge in [0.1, 0.15) is 0 Å². The normalized spacial score (nSPS) is 12.1. The van der Waals surface area contributed by atoms with Gasteiger partial charge in [-0.05, 0) is 32.4 Å². The van der Waals surface area contributed by atoms with E-state index >= 15 is 0 Å². The third kappa shape index (κ3) is 1.88. The highest BCUT2D eigenvalue weighted by atomic mass is 32.2. The fraction of sp³-hybridized carbons (Fsp3) is 0.364. The molecular formula is C11H13NO2S. The lowest BCUT2D eigenvalue weighted by Crippen LogP contribution is -2.30. The van der Waals surface area contributed by atoms with Crippen molar-refractivity contribution in [3.63, 3.8) is 0 Å². The van der Waals surface area contributed by atoms with Gasteiger partial charge >= 0.3 is 0 Å². The molecule has 0 spiro atoms. The molecule has 0 saturated heterocycles. The van der Waals surface area contributed by atoms with E-state index in [1.54, 1.807) is 25.1 Å². The maximum atomic E-state index is 12.1. The summed E-state index contributed by atoms with van der Waals surface area (Å²) in [6, 6.07) is 8.50. The summed E-state index contributed by atoms with van der Waals surface area (Å²) in [5, 5.41) is 8.85. The summed E-state index contributed by atoms with van der Waals surface area (Å²) in [6.45, 7) is 4.55. The predicted molar refractivity (Wildman–Crippen MR) is 58.1 cm³/mol. The molecule has 80 valence electrons. The third-order valence-corrected chi connectivity index (χ3v) is 4.80. The van der Waals surface area contributed by atoms with E-state index in [1.807, 2.05) is 6.07 Å². The SMILES string of the molecule is Cc1ccccc1S(=O)(=O)C(C)(C)C#N. The summed E-state index contributed by atoms with van der Waals surface area (Å²) in [4.78, 5) is 0.233. The molecular weight excluding hydrogens is 210 g/mol. The molecule has 0 bridgehead atoms. The Labute approximate surface area is 90.3 Å². The average Bonchev–Trinajstić information content (AvgIpc) is 2.18. The van der Waals surface area contributed by atoms with Crippen molar-refractivity contribution in [2.24, 2.45) is 0 Å². The van der Waals surface area contributed by atoms with Gasteiger partial charge in [-0.3, -0.25) is 0 Å². The zero-order chi connectivity index (χ0) is 11.7. The van der Waals surface area contributed by atoms with Crippen LogP contribution < -0.4 is 0 Å². The van der Waals surface area contributed by atoms with Crippen LogP contribution in [-0.4, -0.2) is 13.2 Å². The largest absolute Gasteiger partial charge is 0.222 e. The number of nitrogens with zero attached hydrogens (tertiary/aromatic N) is 1. The monoisotopic (exact) mass is 223 g/mol. The molecule has 0 unspecified atom stereocenters. The number of aryl methyl sites for hydroxylation is 1. The Bertz CT molecular complexity index is 510. The summed E-state index contributed by atoms with van der Waals surface area (Å²) in [6.07, 6.45) is 0. The predicted octanol–water partition coefficient (Wildman–Crippen LogP) is 2.07. The average molecular weight is 223 g/mol. The molecule has 3 nitrogen and oxygen atoms in total. The summed E-state index contributed by atoms with van der Waals surface area (Å²) < 4.78 is 22.8. The molecule has 1 aromatic carbocycles. The molecule has 0 aliphatic heterocycles. The number of hydrogen-bond donors (Lipinski definition) is 0. The highest BCUT2D eigenvalue weighted by Gasteiger charge is 2.36. The summed E-state index contributed by atoms with van der Waals surface area (Å²) in [5.41, 5.74) is 0.667. The molecule has 0 fully saturated rings. The molecule has 0 heterocycles. The van der Waals surface area contributed by atoms with E-state index in [-0.39, 0.29) is 4.90 Å². The first kappa shape index (κ1) is 11.7. The summed E-state index contributed by atoms with van der Waals surface area (Å²) >= 11 is 0. The van der Waals surface area contributed by atoms with Crippen molar-refractivity contribution in [1.29, 1.82) is 5.26 Å². The van der Waals surface area contributed by atoms with Crippen LogP contribution in [0.5, 0.6) is 0 Å². The van der Waals surface area contributed by atoms with Gasteiger partial charge in [0.15, 0.2) is 14.6 Å². The molecule has 0 radical (unpaired) electrons. The zero-order valence-electron chi connectivity index (χ0n) is 8.98. The van der Waals surface area contributed by atoms with Gasteiger partial charge in [-0.1, -0.05) is 18.2 Å². The van der Waals surface area contributed by atoms with Crippen LogP contribution in [0.15, 0.2) is 29.2 Å². The number of hydrogen-bond acceptors (Lipinski definition) is 3. The molecule has 0 saturated carbocycles. The van der Waals surface area contributed by atoms with E-state index in [0.717, 1.165) is 0 Å². The van der Waals surface area contributed by atoms with Crippen LogP contribution in [-0.2, 0) is 9.84 Å². The lowest BCUT2D eigenvalue weighted by Gasteiger charge is -2.17. The Morgan fingerprint density at radius 2 is 1.80 bits per heavy atom. The van der Waals surface area contributed by atoms with Gasteiger partial charge in [0.2, 0.25) is 0 Å². The second kappa shape index (κ2) is 3.67. The first-order valence-electron chi connectivity index (χ1n) is 4.54. The second-order valence-electron chi connectivity index (χ2n) is 3.89. The van der Waals surface area contributed by atoms with Gasteiger partial charge in [-0.15, -0.1) is 0 Å². The minimum Gasteiger partial charge on any atom is -0.222 e. The summed E-state index contributed by atoms with van der Waals surface area (Å²) in [7, 11) is -3.58. The standard InChI is InChI=1S/C11H13NO2S/c1-9-6-4-5-7-10(9)15(13,14)11(2,3)8-12/h4-7H,1-3H3. The van der Waals surface area contributed by atoms with Crippen LogP contribution in [0.4, 0.5) is 0 Å². The van der Waals surface area contributed by atoms with Crippen molar-refractivity contribution < 1.29 is 8.42 Å². The zero-order valence-corrected chi connectivity index (χ0v) is 9.80. The van der Waals surface area contributed by atoms with Crippen LogP contribution in [0.1, 0.15) is 19.4 Å². The lowest BCUT2D eigenvalue weighted by molar-refractivity contribution is 0.573. The number of sulfone groups is 1. The highest BCUT2D eigenvalue weighted by molar-refractivity contribution is 7.93. The van der Waals surface area contributed by atoms with Crippen molar-refractivity contribution in [2.75, 3.05) is 0 Å². The number of nitriles is 1. The first-order chi connectivity index (χ1) is 6.83. The summed E-state index contributed by atoms with van der Waals surface area (Å²) in [5.74, 6) is 0. The number of benzene rings is 1. The van der Waals surface area contributed by atoms with Gasteiger partial charge in [0.05, 0.1) is 11.0 Å². The first-order valence-corrected chi connectivity index (χ1v) is 6.03. The molecule has 0 aromatic heterocycles. The van der Waals surface area contributed by atoms with Gasteiger partial charge in [-0.25, -0.2) is 8.42 Å². The molecule has 1 aromatic rings. The molecule has 0 N–H and O–H groups in total. The maximum absolute atomic E-state index is 12.1. The minimum absolute atomic E-state index is 0.233. The smallest absolute Gasteiger partial charge is 0.197 e. The highest BCUT2D eigenvalue weighted by Crippen LogP contribution is 2.26. The maximum Gasteiger partial charge on any atom is 0.197 e. The Kier molecular flexibility index (Phi) is 2.87. The molecule has 0 atom stereocenters. The van der Waals surface area contributed by atoms with E-state index in [4.69, 9.17) is 5.26 Å². The number of rotatable bonds is 2. The Hall–Kier alpha value is -1.34. The van der Waals surface area contributed by atoms with E-state index in [9.17, 15) is 8.42 Å². The van der Waals surface area contributed by atoms with Crippen LogP contribution in [0.2, 0.25) is 0 Å². The van der Waals surface area contributed by atoms with Crippen LogP contribution >= 0.6 is 0 Å². The van der Waals surface area contributed by atoms with Crippen molar-refractivity contribution in [3.8, 4) is 6.07 Å². The Morgan fingerprint density at radius 3 is 2.27 bits per heavy atom. The topological polar surface area (TPSA) is 57.9 Å². The van der Waals surface area contributed by atoms with E-state index in [2.05, 4.69) is 0 Å². The quantitative estimate of drug-likeness (QED) is 0.771. The lowest BCUT2D eigenvalue weighted by atomic mass is 10.2. The molecule has 15 heavy (non-hydrogen) atoms. The Morgan fingerprint density at radius 1 is 1.27 bits per heavy atom. The van der Waals surface area contributed by atoms with Crippen LogP contribution in [0, 0.1) is 18.3 Å². The van der Waals surface area contributed by atoms with Crippen molar-refractivity contribution in [1.82, 2.24) is 0 Å². The fourth-order valence-electron chi connectivity index (χ4n) is 1.19. The van der Waals surface area contributed by atoms with Gasteiger partial charge in [0.25, 0.3) is 0 Å². The van der Waals surface area contributed by atoms with Gasteiger partial charge < -0.3 is 0 Å². The van der Waals surface area contributed by atoms with E-state index in [1.165, 1.54) is 19.9 Å². The molecule has 4 heteroatoms. The van der Waals surface area contributed by atoms with Crippen molar-refractivity contribution in [3.05, 3.63) is 29.8 Å². The Balaban J connectivity index is 3.45. The second-order valence-corrected chi connectivity index (χ2v) is 6.36. The van der Waals surface area contributed by atoms with E-state index < -0.39 is 14.6 Å².